The van der Waals surface area contributed by atoms with Crippen molar-refractivity contribution in [2.75, 3.05) is 19.0 Å². The van der Waals surface area contributed by atoms with Crippen LogP contribution in [-0.4, -0.2) is 34.1 Å². The van der Waals surface area contributed by atoms with E-state index in [0.717, 1.165) is 0 Å². The molecule has 0 radical (unpaired) electrons. The molecule has 1 atom stereocenters. The maximum Gasteiger partial charge on any atom is 0.240 e. The fraction of sp³-hybridized carbons (Fsp3) is 0.533. The van der Waals surface area contributed by atoms with Gasteiger partial charge in [-0.1, -0.05) is 13.8 Å². The molecule has 6 nitrogen and oxygen atoms in total. The van der Waals surface area contributed by atoms with Crippen LogP contribution in [0.3, 0.4) is 0 Å². The van der Waals surface area contributed by atoms with E-state index in [-0.39, 0.29) is 22.8 Å². The second-order valence-corrected chi connectivity index (χ2v) is 7.36. The quantitative estimate of drug-likeness (QED) is 0.764. The van der Waals surface area contributed by atoms with Crippen LogP contribution in [0.2, 0.25) is 0 Å². The monoisotopic (exact) mass is 328 g/mol. The van der Waals surface area contributed by atoms with Crippen molar-refractivity contribution in [1.82, 2.24) is 4.72 Å². The number of carbonyl (C=O) groups excluding carboxylic acids is 1. The third-order valence-electron chi connectivity index (χ3n) is 2.82. The smallest absolute Gasteiger partial charge is 0.240 e. The van der Waals surface area contributed by atoms with E-state index >= 15 is 0 Å². The Hall–Kier alpha value is -1.44. The highest BCUT2D eigenvalue weighted by Crippen LogP contribution is 2.15. The first-order valence-corrected chi connectivity index (χ1v) is 8.64. The van der Waals surface area contributed by atoms with Gasteiger partial charge in [-0.2, -0.15) is 0 Å². The lowest BCUT2D eigenvalue weighted by atomic mass is 10.1. The molecule has 0 aliphatic carbocycles. The molecule has 0 aliphatic rings. The summed E-state index contributed by atoms with van der Waals surface area (Å²) in [5.41, 5.74) is 0.578. The zero-order valence-corrected chi connectivity index (χ0v) is 14.2. The van der Waals surface area contributed by atoms with Gasteiger partial charge in [0, 0.05) is 25.3 Å². The number of methoxy groups -OCH3 is 1. The van der Waals surface area contributed by atoms with Gasteiger partial charge in [0.2, 0.25) is 15.9 Å². The highest BCUT2D eigenvalue weighted by Gasteiger charge is 2.17. The lowest BCUT2D eigenvalue weighted by molar-refractivity contribution is -0.116. The van der Waals surface area contributed by atoms with E-state index in [9.17, 15) is 13.2 Å². The molecule has 1 amide bonds. The van der Waals surface area contributed by atoms with E-state index in [1.165, 1.54) is 19.2 Å². The second-order valence-electron chi connectivity index (χ2n) is 5.65. The van der Waals surface area contributed by atoms with Gasteiger partial charge in [0.05, 0.1) is 11.5 Å². The van der Waals surface area contributed by atoms with Crippen molar-refractivity contribution in [3.63, 3.8) is 0 Å². The van der Waals surface area contributed by atoms with Gasteiger partial charge >= 0.3 is 0 Å². The van der Waals surface area contributed by atoms with E-state index in [0.29, 0.717) is 18.7 Å². The molecule has 1 aromatic carbocycles. The maximum atomic E-state index is 12.1. The summed E-state index contributed by atoms with van der Waals surface area (Å²) >= 11 is 0. The van der Waals surface area contributed by atoms with Gasteiger partial charge in [0.1, 0.15) is 0 Å². The van der Waals surface area contributed by atoms with E-state index < -0.39 is 10.0 Å². The lowest BCUT2D eigenvalue weighted by Crippen LogP contribution is -2.35. The molecule has 0 heterocycles. The Bertz CT molecular complexity index is 582. The van der Waals surface area contributed by atoms with Crippen molar-refractivity contribution < 1.29 is 17.9 Å². The second kappa shape index (κ2) is 8.26. The molecule has 0 aliphatic heterocycles. The number of carbonyl (C=O) groups is 1. The predicted octanol–water partition coefficient (Wildman–Crippen LogP) is 1.98. The summed E-state index contributed by atoms with van der Waals surface area (Å²) < 4.78 is 31.7. The molecule has 1 unspecified atom stereocenters. The first-order valence-electron chi connectivity index (χ1n) is 7.15. The molecule has 22 heavy (non-hydrogen) atoms. The minimum atomic E-state index is -3.59. The topological polar surface area (TPSA) is 84.5 Å². The number of hydrogen-bond acceptors (Lipinski definition) is 4. The Kier molecular flexibility index (Phi) is 6.99. The molecule has 1 rings (SSSR count). The molecular weight excluding hydrogens is 304 g/mol. The zero-order chi connectivity index (χ0) is 16.8. The summed E-state index contributed by atoms with van der Waals surface area (Å²) in [6.45, 7) is 5.94. The van der Waals surface area contributed by atoms with Crippen molar-refractivity contribution >= 4 is 21.6 Å². The lowest BCUT2D eigenvalue weighted by Gasteiger charge is -2.13. The van der Waals surface area contributed by atoms with E-state index in [1.807, 2.05) is 13.8 Å². The average molecular weight is 328 g/mol. The molecule has 0 fully saturated rings. The van der Waals surface area contributed by atoms with Gasteiger partial charge in [-0.05, 0) is 37.1 Å². The summed E-state index contributed by atoms with van der Waals surface area (Å²) in [4.78, 5) is 11.8. The third kappa shape index (κ3) is 6.13. The Morgan fingerprint density at radius 2 is 1.77 bits per heavy atom. The summed E-state index contributed by atoms with van der Waals surface area (Å²) in [5, 5.41) is 2.74. The highest BCUT2D eigenvalue weighted by molar-refractivity contribution is 7.89. The predicted molar refractivity (Wildman–Crippen MR) is 86.2 cm³/mol. The van der Waals surface area contributed by atoms with Crippen LogP contribution in [0.5, 0.6) is 0 Å². The summed E-state index contributed by atoms with van der Waals surface area (Å²) in [7, 11) is -2.08. The molecular formula is C15H24N2O4S. The van der Waals surface area contributed by atoms with Crippen LogP contribution in [0.4, 0.5) is 5.69 Å². The van der Waals surface area contributed by atoms with Crippen LogP contribution < -0.4 is 10.0 Å². The number of benzene rings is 1. The first-order chi connectivity index (χ1) is 10.2. The average Bonchev–Trinajstić information content (AvgIpc) is 2.37. The van der Waals surface area contributed by atoms with Gasteiger partial charge in [0.25, 0.3) is 0 Å². The Morgan fingerprint density at radius 1 is 1.18 bits per heavy atom. The van der Waals surface area contributed by atoms with Crippen molar-refractivity contribution in [3.8, 4) is 0 Å². The standard InChI is InChI=1S/C15H24N2O4S/c1-11(2)9-15(18)16-13-5-7-14(8-6-13)22(19,20)17-12(3)10-21-4/h5-8,11-12,17H,9-10H2,1-4H3,(H,16,18). The van der Waals surface area contributed by atoms with Gasteiger partial charge < -0.3 is 10.1 Å². The van der Waals surface area contributed by atoms with Crippen LogP contribution in [0, 0.1) is 5.92 Å². The Balaban J connectivity index is 2.73. The molecule has 7 heteroatoms. The van der Waals surface area contributed by atoms with Gasteiger partial charge in [-0.25, -0.2) is 13.1 Å². The highest BCUT2D eigenvalue weighted by atomic mass is 32.2. The van der Waals surface area contributed by atoms with Crippen LogP contribution in [-0.2, 0) is 19.6 Å². The van der Waals surface area contributed by atoms with E-state index in [2.05, 4.69) is 10.0 Å². The van der Waals surface area contributed by atoms with Crippen LogP contribution in [0.25, 0.3) is 0 Å². The molecule has 1 aromatic rings. The molecule has 124 valence electrons. The van der Waals surface area contributed by atoms with Gasteiger partial charge in [-0.3, -0.25) is 4.79 Å². The molecule has 0 bridgehead atoms. The largest absolute Gasteiger partial charge is 0.383 e. The third-order valence-corrected chi connectivity index (χ3v) is 4.42. The SMILES string of the molecule is COCC(C)NS(=O)(=O)c1ccc(NC(=O)CC(C)C)cc1. The normalized spacial score (nSPS) is 13.1. The Labute approximate surface area is 132 Å². The first kappa shape index (κ1) is 18.6. The summed E-state index contributed by atoms with van der Waals surface area (Å²) in [6.07, 6.45) is 0.427. The van der Waals surface area contributed by atoms with Gasteiger partial charge in [-0.15, -0.1) is 0 Å². The van der Waals surface area contributed by atoms with Crippen molar-refractivity contribution in [2.24, 2.45) is 5.92 Å². The molecule has 2 N–H and O–H groups in total. The molecule has 0 saturated carbocycles. The van der Waals surface area contributed by atoms with Crippen LogP contribution in [0.1, 0.15) is 27.2 Å². The minimum absolute atomic E-state index is 0.0857. The number of nitrogens with one attached hydrogen (secondary N) is 2. The number of sulfonamides is 1. The minimum Gasteiger partial charge on any atom is -0.383 e. The molecule has 0 spiro atoms. The number of ether oxygens (including phenoxy) is 1. The fourth-order valence-corrected chi connectivity index (χ4v) is 3.15. The van der Waals surface area contributed by atoms with Crippen molar-refractivity contribution in [1.29, 1.82) is 0 Å². The number of amides is 1. The Morgan fingerprint density at radius 3 is 2.27 bits per heavy atom. The number of hydrogen-bond donors (Lipinski definition) is 2. The van der Waals surface area contributed by atoms with Crippen molar-refractivity contribution in [2.45, 2.75) is 38.1 Å². The number of rotatable bonds is 8. The maximum absolute atomic E-state index is 12.1. The van der Waals surface area contributed by atoms with Gasteiger partial charge in [0.15, 0.2) is 0 Å². The number of anilines is 1. The van der Waals surface area contributed by atoms with Crippen LogP contribution in [0.15, 0.2) is 29.2 Å². The molecule has 0 aromatic heterocycles. The zero-order valence-electron chi connectivity index (χ0n) is 13.4. The fourth-order valence-electron chi connectivity index (χ4n) is 1.92. The summed E-state index contributed by atoms with van der Waals surface area (Å²) in [5.74, 6) is 0.184. The van der Waals surface area contributed by atoms with Crippen LogP contribution >= 0.6 is 0 Å². The van der Waals surface area contributed by atoms with Crippen molar-refractivity contribution in [3.05, 3.63) is 24.3 Å². The summed E-state index contributed by atoms with van der Waals surface area (Å²) in [6, 6.07) is 5.77. The van der Waals surface area contributed by atoms with E-state index in [4.69, 9.17) is 4.74 Å². The molecule has 0 saturated heterocycles. The van der Waals surface area contributed by atoms with E-state index in [1.54, 1.807) is 19.1 Å².